The number of anilines is 1. The van der Waals surface area contributed by atoms with E-state index in [1.54, 1.807) is 12.1 Å². The normalized spacial score (nSPS) is 20.1. The topological polar surface area (TPSA) is 73.6 Å². The van der Waals surface area contributed by atoms with Crippen molar-refractivity contribution in [2.24, 2.45) is 0 Å². The van der Waals surface area contributed by atoms with Crippen LogP contribution in [0.1, 0.15) is 64.5 Å². The average molecular weight is 479 g/mol. The van der Waals surface area contributed by atoms with Gasteiger partial charge < -0.3 is 24.1 Å². The van der Waals surface area contributed by atoms with E-state index in [-0.39, 0.29) is 17.5 Å². The van der Waals surface area contributed by atoms with Crippen molar-refractivity contribution in [3.63, 3.8) is 0 Å². The fourth-order valence-corrected chi connectivity index (χ4v) is 5.02. The first-order valence-electron chi connectivity index (χ1n) is 11.6. The number of nitrogens with zero attached hydrogens (tertiary/aromatic N) is 1. The molecule has 33 heavy (non-hydrogen) atoms. The Balaban J connectivity index is 0.000000205. The molecule has 1 saturated heterocycles. The van der Waals surface area contributed by atoms with Gasteiger partial charge >= 0.3 is 0 Å². The third-order valence-corrected chi connectivity index (χ3v) is 7.15. The van der Waals surface area contributed by atoms with Crippen LogP contribution in [0.25, 0.3) is 0 Å². The Morgan fingerprint density at radius 2 is 1.97 bits per heavy atom. The lowest BCUT2D eigenvalue weighted by molar-refractivity contribution is -0.172. The van der Waals surface area contributed by atoms with Crippen LogP contribution >= 0.6 is 11.8 Å². The van der Waals surface area contributed by atoms with Gasteiger partial charge in [-0.15, -0.1) is 11.8 Å². The molecule has 4 rings (SSSR count). The smallest absolute Gasteiger partial charge is 0.224 e. The van der Waals surface area contributed by atoms with Crippen LogP contribution in [0, 0.1) is 5.82 Å². The number of thioether (sulfide) groups is 1. The third kappa shape index (κ3) is 7.55. The Hall–Kier alpha value is -1.90. The van der Waals surface area contributed by atoms with E-state index >= 15 is 0 Å². The molecule has 0 amide bonds. The van der Waals surface area contributed by atoms with E-state index < -0.39 is 4.75 Å². The first-order valence-corrected chi connectivity index (χ1v) is 12.5. The lowest BCUT2D eigenvalue weighted by atomic mass is 9.83. The predicted molar refractivity (Wildman–Crippen MR) is 128 cm³/mol. The van der Waals surface area contributed by atoms with Crippen LogP contribution < -0.4 is 5.32 Å². The van der Waals surface area contributed by atoms with Gasteiger partial charge in [0.1, 0.15) is 12.1 Å². The van der Waals surface area contributed by atoms with E-state index in [1.165, 1.54) is 43.2 Å². The summed E-state index contributed by atoms with van der Waals surface area (Å²) in [6.45, 7) is 5.17. The molecule has 1 unspecified atom stereocenters. The molecule has 1 N–H and O–H groups in total. The van der Waals surface area contributed by atoms with Crippen molar-refractivity contribution >= 4 is 23.9 Å². The Kier molecular flexibility index (Phi) is 9.35. The minimum absolute atomic E-state index is 0.0133. The SMILES string of the molecule is CC(C)(C=O)Sc1ccc(F)cc1.CNc1cc(C2(COC3CCCCO3)CCCC2)no1. The van der Waals surface area contributed by atoms with Crippen LogP contribution in [0.5, 0.6) is 0 Å². The van der Waals surface area contributed by atoms with E-state index in [1.807, 2.05) is 27.0 Å². The number of halogens is 1. The van der Waals surface area contributed by atoms with Crippen LogP contribution in [0.15, 0.2) is 39.8 Å². The number of aldehydes is 1. The highest BCUT2D eigenvalue weighted by molar-refractivity contribution is 8.01. The van der Waals surface area contributed by atoms with Crippen LogP contribution in [-0.4, -0.2) is 42.7 Å². The molecule has 8 heteroatoms. The van der Waals surface area contributed by atoms with Crippen LogP contribution in [-0.2, 0) is 19.7 Å². The standard InChI is InChI=1S/C15H24N2O3.C10H11FOS/c1-16-13-10-12(17-20-13)15(7-3-4-8-15)11-19-14-6-2-5-9-18-14;1-10(2,7-12)13-9-5-3-8(11)4-6-9/h10,14,16H,2-9,11H2,1H3;3-7H,1-2H3. The highest BCUT2D eigenvalue weighted by Gasteiger charge is 2.39. The van der Waals surface area contributed by atoms with Gasteiger partial charge in [0, 0.05) is 30.0 Å². The predicted octanol–water partition coefficient (Wildman–Crippen LogP) is 5.97. The first-order chi connectivity index (χ1) is 15.9. The van der Waals surface area contributed by atoms with Gasteiger partial charge in [0.15, 0.2) is 6.29 Å². The molecule has 2 heterocycles. The highest BCUT2D eigenvalue weighted by atomic mass is 32.2. The fourth-order valence-electron chi connectivity index (χ4n) is 4.09. The maximum absolute atomic E-state index is 12.5. The zero-order valence-electron chi connectivity index (χ0n) is 19.8. The summed E-state index contributed by atoms with van der Waals surface area (Å²) >= 11 is 1.42. The van der Waals surface area contributed by atoms with Crippen molar-refractivity contribution in [2.45, 2.75) is 80.1 Å². The van der Waals surface area contributed by atoms with Crippen molar-refractivity contribution < 1.29 is 23.2 Å². The summed E-state index contributed by atoms with van der Waals surface area (Å²) in [6, 6.07) is 8.14. The lowest BCUT2D eigenvalue weighted by Crippen LogP contribution is -2.33. The summed E-state index contributed by atoms with van der Waals surface area (Å²) in [4.78, 5) is 11.5. The Morgan fingerprint density at radius 1 is 1.24 bits per heavy atom. The summed E-state index contributed by atoms with van der Waals surface area (Å²) in [6.07, 6.45) is 8.93. The van der Waals surface area contributed by atoms with Crippen molar-refractivity contribution in [1.29, 1.82) is 0 Å². The number of aromatic nitrogens is 1. The lowest BCUT2D eigenvalue weighted by Gasteiger charge is -2.30. The molecule has 1 saturated carbocycles. The molecular weight excluding hydrogens is 443 g/mol. The quantitative estimate of drug-likeness (QED) is 0.370. The van der Waals surface area contributed by atoms with E-state index in [0.29, 0.717) is 6.61 Å². The second kappa shape index (κ2) is 12.0. The molecule has 0 spiro atoms. The van der Waals surface area contributed by atoms with Gasteiger partial charge in [0.2, 0.25) is 5.88 Å². The Labute approximate surface area is 200 Å². The molecule has 0 radical (unpaired) electrons. The number of rotatable bonds is 8. The van der Waals surface area contributed by atoms with Crippen LogP contribution in [0.2, 0.25) is 0 Å². The van der Waals surface area contributed by atoms with Gasteiger partial charge in [-0.05, 0) is 70.2 Å². The molecule has 182 valence electrons. The summed E-state index contributed by atoms with van der Waals surface area (Å²) in [5.74, 6) is 0.466. The molecule has 1 aliphatic carbocycles. The number of carbonyl (C=O) groups excluding carboxylic acids is 1. The summed E-state index contributed by atoms with van der Waals surface area (Å²) in [5, 5.41) is 7.25. The zero-order valence-corrected chi connectivity index (χ0v) is 20.6. The van der Waals surface area contributed by atoms with E-state index in [0.717, 1.165) is 55.0 Å². The van der Waals surface area contributed by atoms with Gasteiger partial charge in [-0.3, -0.25) is 0 Å². The largest absolute Gasteiger partial charge is 0.357 e. The second-order valence-corrected chi connectivity index (χ2v) is 10.9. The fraction of sp³-hybridized carbons (Fsp3) is 0.600. The van der Waals surface area contributed by atoms with Gasteiger partial charge in [-0.1, -0.05) is 18.0 Å². The zero-order chi connectivity index (χ0) is 23.7. The van der Waals surface area contributed by atoms with Gasteiger partial charge in [0.05, 0.1) is 17.0 Å². The van der Waals surface area contributed by atoms with E-state index in [9.17, 15) is 9.18 Å². The molecule has 1 aromatic heterocycles. The maximum atomic E-state index is 12.5. The van der Waals surface area contributed by atoms with Crippen LogP contribution in [0.4, 0.5) is 10.3 Å². The highest BCUT2D eigenvalue weighted by Crippen LogP contribution is 2.42. The Bertz CT molecular complexity index is 860. The molecule has 2 aliphatic rings. The summed E-state index contributed by atoms with van der Waals surface area (Å²) in [7, 11) is 1.85. The van der Waals surface area contributed by atoms with Gasteiger partial charge in [-0.2, -0.15) is 0 Å². The van der Waals surface area contributed by atoms with Crippen molar-refractivity contribution in [1.82, 2.24) is 5.16 Å². The summed E-state index contributed by atoms with van der Waals surface area (Å²) in [5.41, 5.74) is 1.04. The molecule has 2 aromatic rings. The molecule has 2 fully saturated rings. The molecule has 1 aromatic carbocycles. The number of benzene rings is 1. The maximum Gasteiger partial charge on any atom is 0.224 e. The summed E-state index contributed by atoms with van der Waals surface area (Å²) < 4.78 is 29.1. The number of nitrogens with one attached hydrogen (secondary N) is 1. The molecule has 6 nitrogen and oxygen atoms in total. The number of carbonyl (C=O) groups is 1. The van der Waals surface area contributed by atoms with Crippen LogP contribution in [0.3, 0.4) is 0 Å². The first kappa shape index (κ1) is 25.7. The van der Waals surface area contributed by atoms with Gasteiger partial charge in [0.25, 0.3) is 0 Å². The number of ether oxygens (including phenoxy) is 2. The minimum atomic E-state index is -0.447. The molecule has 1 atom stereocenters. The number of hydrogen-bond acceptors (Lipinski definition) is 7. The third-order valence-electron chi connectivity index (χ3n) is 6.02. The Morgan fingerprint density at radius 3 is 2.55 bits per heavy atom. The monoisotopic (exact) mass is 478 g/mol. The van der Waals surface area contributed by atoms with E-state index in [4.69, 9.17) is 14.0 Å². The van der Waals surface area contributed by atoms with Gasteiger partial charge in [-0.25, -0.2) is 4.39 Å². The second-order valence-electron chi connectivity index (χ2n) is 9.20. The average Bonchev–Trinajstić information content (AvgIpc) is 3.51. The van der Waals surface area contributed by atoms with E-state index in [2.05, 4.69) is 10.5 Å². The molecule has 1 aliphatic heterocycles. The van der Waals surface area contributed by atoms with Crippen molar-refractivity contribution in [2.75, 3.05) is 25.6 Å². The van der Waals surface area contributed by atoms with Crippen molar-refractivity contribution in [3.05, 3.63) is 41.8 Å². The molecular formula is C25H35FN2O4S. The minimum Gasteiger partial charge on any atom is -0.357 e. The molecule has 0 bridgehead atoms. The number of hydrogen-bond donors (Lipinski definition) is 1. The van der Waals surface area contributed by atoms with Crippen molar-refractivity contribution in [3.8, 4) is 0 Å².